The highest BCUT2D eigenvalue weighted by molar-refractivity contribution is 6.30. The average Bonchev–Trinajstić information content (AvgIpc) is 2.61. The van der Waals surface area contributed by atoms with Gasteiger partial charge in [-0.25, -0.2) is 0 Å². The van der Waals surface area contributed by atoms with E-state index in [0.717, 1.165) is 11.1 Å². The first kappa shape index (κ1) is 17.5. The molecule has 0 bridgehead atoms. The summed E-state index contributed by atoms with van der Waals surface area (Å²) in [6.45, 7) is 1.70. The molecule has 25 heavy (non-hydrogen) atoms. The normalized spacial score (nSPS) is 16.1. The van der Waals surface area contributed by atoms with E-state index in [2.05, 4.69) is 10.6 Å². The topological polar surface area (TPSA) is 61.4 Å². The molecule has 0 radical (unpaired) electrons. The van der Waals surface area contributed by atoms with Crippen LogP contribution in [-0.4, -0.2) is 42.9 Å². The van der Waals surface area contributed by atoms with E-state index >= 15 is 0 Å². The van der Waals surface area contributed by atoms with E-state index in [4.69, 9.17) is 11.6 Å². The molecule has 2 aromatic rings. The average molecular weight is 358 g/mol. The summed E-state index contributed by atoms with van der Waals surface area (Å²) in [5, 5.41) is 6.49. The standard InChI is InChI=1S/C19H20ClN3O2/c20-16-8-6-15(7-9-16)19(14-4-2-1-3-5-14)22-18(25)13-23-11-10-21-17(24)12-23/h1-9,19H,10-13H2,(H,21,24)(H,22,25). The molecule has 0 aromatic heterocycles. The number of nitrogens with zero attached hydrogens (tertiary/aromatic N) is 1. The fraction of sp³-hybridized carbons (Fsp3) is 0.263. The second-order valence-corrected chi connectivity index (χ2v) is 6.46. The zero-order valence-electron chi connectivity index (χ0n) is 13.7. The van der Waals surface area contributed by atoms with Gasteiger partial charge >= 0.3 is 0 Å². The van der Waals surface area contributed by atoms with Gasteiger partial charge in [0.25, 0.3) is 0 Å². The van der Waals surface area contributed by atoms with E-state index in [1.807, 2.05) is 59.5 Å². The van der Waals surface area contributed by atoms with Gasteiger partial charge in [0.15, 0.2) is 0 Å². The molecule has 1 fully saturated rings. The van der Waals surface area contributed by atoms with Crippen molar-refractivity contribution in [3.05, 3.63) is 70.7 Å². The molecule has 1 atom stereocenters. The van der Waals surface area contributed by atoms with Crippen LogP contribution >= 0.6 is 11.6 Å². The molecule has 0 spiro atoms. The molecule has 0 saturated carbocycles. The van der Waals surface area contributed by atoms with Crippen molar-refractivity contribution in [2.24, 2.45) is 0 Å². The predicted molar refractivity (Wildman–Crippen MR) is 97.3 cm³/mol. The molecule has 1 heterocycles. The van der Waals surface area contributed by atoms with Gasteiger partial charge in [-0.1, -0.05) is 54.1 Å². The Morgan fingerprint density at radius 2 is 1.80 bits per heavy atom. The SMILES string of the molecule is O=C1CN(CC(=O)NC(c2ccccc2)c2ccc(Cl)cc2)CCN1. The van der Waals surface area contributed by atoms with Crippen molar-refractivity contribution >= 4 is 23.4 Å². The molecule has 130 valence electrons. The first-order valence-corrected chi connectivity index (χ1v) is 8.58. The van der Waals surface area contributed by atoms with Gasteiger partial charge in [0.1, 0.15) is 0 Å². The Hall–Kier alpha value is -2.37. The largest absolute Gasteiger partial charge is 0.354 e. The van der Waals surface area contributed by atoms with E-state index in [-0.39, 0.29) is 30.9 Å². The third kappa shape index (κ3) is 4.81. The van der Waals surface area contributed by atoms with Gasteiger partial charge in [-0.2, -0.15) is 0 Å². The quantitative estimate of drug-likeness (QED) is 0.860. The number of nitrogens with one attached hydrogen (secondary N) is 2. The van der Waals surface area contributed by atoms with Crippen LogP contribution < -0.4 is 10.6 Å². The lowest BCUT2D eigenvalue weighted by Crippen LogP contribution is -2.50. The van der Waals surface area contributed by atoms with Crippen LogP contribution in [0.15, 0.2) is 54.6 Å². The summed E-state index contributed by atoms with van der Waals surface area (Å²) in [5.74, 6) is -0.158. The molecule has 0 aliphatic carbocycles. The molecule has 2 amide bonds. The Kier molecular flexibility index (Phi) is 5.68. The molecule has 2 aromatic carbocycles. The van der Waals surface area contributed by atoms with E-state index in [9.17, 15) is 9.59 Å². The first-order valence-electron chi connectivity index (χ1n) is 8.20. The maximum Gasteiger partial charge on any atom is 0.234 e. The number of carbonyl (C=O) groups excluding carboxylic acids is 2. The number of carbonyl (C=O) groups is 2. The zero-order chi connectivity index (χ0) is 17.6. The Bertz CT molecular complexity index is 734. The minimum absolute atomic E-state index is 0.0450. The van der Waals surface area contributed by atoms with Crippen LogP contribution in [-0.2, 0) is 9.59 Å². The highest BCUT2D eigenvalue weighted by Gasteiger charge is 2.21. The molecule has 1 aliphatic rings. The molecule has 2 N–H and O–H groups in total. The van der Waals surface area contributed by atoms with Crippen LogP contribution in [0.3, 0.4) is 0 Å². The number of benzene rings is 2. The molecule has 5 nitrogen and oxygen atoms in total. The first-order chi connectivity index (χ1) is 12.1. The minimum Gasteiger partial charge on any atom is -0.354 e. The Morgan fingerprint density at radius 3 is 2.48 bits per heavy atom. The fourth-order valence-electron chi connectivity index (χ4n) is 2.90. The summed E-state index contributed by atoms with van der Waals surface area (Å²) in [4.78, 5) is 25.8. The van der Waals surface area contributed by atoms with Crippen molar-refractivity contribution in [1.29, 1.82) is 0 Å². The number of rotatable bonds is 5. The zero-order valence-corrected chi connectivity index (χ0v) is 14.5. The smallest absolute Gasteiger partial charge is 0.234 e. The summed E-state index contributed by atoms with van der Waals surface area (Å²) in [6, 6.07) is 17.0. The van der Waals surface area contributed by atoms with Crippen molar-refractivity contribution in [2.45, 2.75) is 6.04 Å². The van der Waals surface area contributed by atoms with Gasteiger partial charge in [0.2, 0.25) is 11.8 Å². The highest BCUT2D eigenvalue weighted by Crippen LogP contribution is 2.23. The summed E-state index contributed by atoms with van der Waals surface area (Å²) < 4.78 is 0. The van der Waals surface area contributed by atoms with Gasteiger partial charge in [-0.3, -0.25) is 14.5 Å². The van der Waals surface area contributed by atoms with Gasteiger partial charge in [0.05, 0.1) is 19.1 Å². The van der Waals surface area contributed by atoms with Crippen LogP contribution in [0.25, 0.3) is 0 Å². The maximum atomic E-state index is 12.5. The van der Waals surface area contributed by atoms with Gasteiger partial charge in [0, 0.05) is 18.1 Å². The second kappa shape index (κ2) is 8.14. The number of piperazine rings is 1. The van der Waals surface area contributed by atoms with E-state index in [1.54, 1.807) is 0 Å². The lowest BCUT2D eigenvalue weighted by molar-refractivity contribution is -0.127. The van der Waals surface area contributed by atoms with E-state index in [0.29, 0.717) is 18.1 Å². The third-order valence-corrected chi connectivity index (χ3v) is 4.38. The van der Waals surface area contributed by atoms with Crippen LogP contribution in [0, 0.1) is 0 Å². The van der Waals surface area contributed by atoms with Crippen molar-refractivity contribution < 1.29 is 9.59 Å². The van der Waals surface area contributed by atoms with Crippen molar-refractivity contribution in [3.8, 4) is 0 Å². The van der Waals surface area contributed by atoms with Crippen LogP contribution in [0.1, 0.15) is 17.2 Å². The molecule has 1 aliphatic heterocycles. The molecule has 3 rings (SSSR count). The van der Waals surface area contributed by atoms with Crippen LogP contribution in [0.2, 0.25) is 5.02 Å². The highest BCUT2D eigenvalue weighted by atomic mass is 35.5. The number of hydrogen-bond acceptors (Lipinski definition) is 3. The van der Waals surface area contributed by atoms with Gasteiger partial charge < -0.3 is 10.6 Å². The lowest BCUT2D eigenvalue weighted by Gasteiger charge is -2.27. The lowest BCUT2D eigenvalue weighted by atomic mass is 9.98. The van der Waals surface area contributed by atoms with E-state index < -0.39 is 0 Å². The number of halogens is 1. The molecule has 1 saturated heterocycles. The molecule has 1 unspecified atom stereocenters. The molecular formula is C19H20ClN3O2. The maximum absolute atomic E-state index is 12.5. The minimum atomic E-state index is -0.260. The van der Waals surface area contributed by atoms with Gasteiger partial charge in [-0.15, -0.1) is 0 Å². The summed E-state index contributed by atoms with van der Waals surface area (Å²) >= 11 is 5.98. The number of hydrogen-bond donors (Lipinski definition) is 2. The fourth-order valence-corrected chi connectivity index (χ4v) is 3.02. The van der Waals surface area contributed by atoms with Gasteiger partial charge in [-0.05, 0) is 23.3 Å². The molecular weight excluding hydrogens is 338 g/mol. The Labute approximate surface area is 152 Å². The van der Waals surface area contributed by atoms with Crippen molar-refractivity contribution in [1.82, 2.24) is 15.5 Å². The van der Waals surface area contributed by atoms with Crippen LogP contribution in [0.4, 0.5) is 0 Å². The summed E-state index contributed by atoms with van der Waals surface area (Å²) in [5.41, 5.74) is 1.95. The predicted octanol–water partition coefficient (Wildman–Crippen LogP) is 1.98. The monoisotopic (exact) mass is 357 g/mol. The summed E-state index contributed by atoms with van der Waals surface area (Å²) in [6.07, 6.45) is 0. The third-order valence-electron chi connectivity index (χ3n) is 4.13. The van der Waals surface area contributed by atoms with Crippen molar-refractivity contribution in [2.75, 3.05) is 26.2 Å². The molecule has 6 heteroatoms. The second-order valence-electron chi connectivity index (χ2n) is 6.02. The number of amides is 2. The summed E-state index contributed by atoms with van der Waals surface area (Å²) in [7, 11) is 0. The Balaban J connectivity index is 1.74. The van der Waals surface area contributed by atoms with Crippen molar-refractivity contribution in [3.63, 3.8) is 0 Å². The van der Waals surface area contributed by atoms with E-state index in [1.165, 1.54) is 0 Å². The Morgan fingerprint density at radius 1 is 1.12 bits per heavy atom. The van der Waals surface area contributed by atoms with Crippen LogP contribution in [0.5, 0.6) is 0 Å².